The molecule has 2 aromatic rings. The fraction of sp³-hybridized carbons (Fsp3) is 0.429. The lowest BCUT2D eigenvalue weighted by Gasteiger charge is -2.23. The molecule has 0 spiro atoms. The van der Waals surface area contributed by atoms with Crippen molar-refractivity contribution in [1.82, 2.24) is 19.6 Å². The van der Waals surface area contributed by atoms with Crippen LogP contribution in [0.25, 0.3) is 4.96 Å². The van der Waals surface area contributed by atoms with Gasteiger partial charge in [0.1, 0.15) is 5.54 Å². The molecular formula is C14H16N4O3S. The van der Waals surface area contributed by atoms with Crippen LogP contribution >= 0.6 is 11.3 Å². The first-order valence-corrected chi connectivity index (χ1v) is 7.98. The Morgan fingerprint density at radius 1 is 1.27 bits per heavy atom. The fourth-order valence-corrected chi connectivity index (χ4v) is 3.42. The van der Waals surface area contributed by atoms with Gasteiger partial charge in [-0.05, 0) is 12.8 Å². The summed E-state index contributed by atoms with van der Waals surface area (Å²) in [6, 6.07) is 0.930. The monoisotopic (exact) mass is 320 g/mol. The van der Waals surface area contributed by atoms with E-state index in [1.807, 2.05) is 13.8 Å². The Labute approximate surface area is 130 Å². The van der Waals surface area contributed by atoms with Gasteiger partial charge in [0.25, 0.3) is 11.5 Å². The minimum absolute atomic E-state index is 0.00998. The van der Waals surface area contributed by atoms with E-state index in [9.17, 15) is 14.4 Å². The van der Waals surface area contributed by atoms with Crippen LogP contribution in [-0.2, 0) is 11.3 Å². The maximum absolute atomic E-state index is 12.5. The standard InChI is InChI=1S/C14H16N4O3S/c1-3-14(4-2)11(20)18(12(21)16-14)8-9-7-10(19)17-5-6-22-13(17)15-9/h5-7H,3-4,8H2,1-2H3,(H,16,21). The van der Waals surface area contributed by atoms with E-state index in [0.29, 0.717) is 23.5 Å². The predicted octanol–water partition coefficient (Wildman–Crippen LogP) is 1.37. The zero-order valence-electron chi connectivity index (χ0n) is 12.3. The number of carbonyl (C=O) groups is 2. The summed E-state index contributed by atoms with van der Waals surface area (Å²) in [6.07, 6.45) is 2.71. The van der Waals surface area contributed by atoms with Gasteiger partial charge in [-0.3, -0.25) is 18.9 Å². The van der Waals surface area contributed by atoms with Crippen molar-refractivity contribution in [3.8, 4) is 0 Å². The van der Waals surface area contributed by atoms with Crippen LogP contribution in [0, 0.1) is 0 Å². The number of nitrogens with zero attached hydrogens (tertiary/aromatic N) is 3. The van der Waals surface area contributed by atoms with Crippen molar-refractivity contribution < 1.29 is 9.59 Å². The maximum Gasteiger partial charge on any atom is 0.325 e. The van der Waals surface area contributed by atoms with E-state index >= 15 is 0 Å². The van der Waals surface area contributed by atoms with Crippen LogP contribution in [0.1, 0.15) is 32.4 Å². The average molecular weight is 320 g/mol. The Morgan fingerprint density at radius 2 is 2.00 bits per heavy atom. The number of aromatic nitrogens is 2. The summed E-state index contributed by atoms with van der Waals surface area (Å²) in [5, 5.41) is 4.53. The van der Waals surface area contributed by atoms with Gasteiger partial charge in [0.05, 0.1) is 12.2 Å². The van der Waals surface area contributed by atoms with Crippen LogP contribution in [0.5, 0.6) is 0 Å². The van der Waals surface area contributed by atoms with Gasteiger partial charge in [-0.15, -0.1) is 11.3 Å². The van der Waals surface area contributed by atoms with Gasteiger partial charge in [0.15, 0.2) is 4.96 Å². The zero-order valence-corrected chi connectivity index (χ0v) is 13.1. The molecule has 8 heteroatoms. The second-order valence-corrected chi connectivity index (χ2v) is 6.12. The molecule has 0 atom stereocenters. The number of thiazole rings is 1. The third kappa shape index (κ3) is 2.10. The molecule has 1 aliphatic heterocycles. The van der Waals surface area contributed by atoms with E-state index in [-0.39, 0.29) is 18.0 Å². The molecule has 0 unspecified atom stereocenters. The van der Waals surface area contributed by atoms with Crippen LogP contribution in [0.3, 0.4) is 0 Å². The van der Waals surface area contributed by atoms with Gasteiger partial charge >= 0.3 is 6.03 Å². The lowest BCUT2D eigenvalue weighted by atomic mass is 9.93. The van der Waals surface area contributed by atoms with E-state index in [0.717, 1.165) is 4.90 Å². The quantitative estimate of drug-likeness (QED) is 0.862. The van der Waals surface area contributed by atoms with E-state index in [1.54, 1.807) is 11.6 Å². The number of fused-ring (bicyclic) bond motifs is 1. The number of hydrogen-bond acceptors (Lipinski definition) is 5. The van der Waals surface area contributed by atoms with Gasteiger partial charge in [-0.25, -0.2) is 9.78 Å². The van der Waals surface area contributed by atoms with Crippen LogP contribution in [0.2, 0.25) is 0 Å². The molecule has 0 aromatic carbocycles. The molecule has 1 N–H and O–H groups in total. The van der Waals surface area contributed by atoms with Crippen molar-refractivity contribution >= 4 is 28.2 Å². The van der Waals surface area contributed by atoms with E-state index < -0.39 is 11.6 Å². The molecule has 3 heterocycles. The molecule has 0 aliphatic carbocycles. The SMILES string of the molecule is CCC1(CC)NC(=O)N(Cc2cc(=O)n3ccsc3n2)C1=O. The van der Waals surface area contributed by atoms with Crippen molar-refractivity contribution in [3.05, 3.63) is 33.7 Å². The maximum atomic E-state index is 12.5. The lowest BCUT2D eigenvalue weighted by Crippen LogP contribution is -2.45. The minimum atomic E-state index is -0.834. The number of imide groups is 1. The molecule has 7 nitrogen and oxygen atoms in total. The normalized spacial score (nSPS) is 17.3. The minimum Gasteiger partial charge on any atom is -0.323 e. The Morgan fingerprint density at radius 3 is 2.64 bits per heavy atom. The first-order chi connectivity index (χ1) is 10.5. The van der Waals surface area contributed by atoms with Crippen molar-refractivity contribution in [3.63, 3.8) is 0 Å². The van der Waals surface area contributed by atoms with Gasteiger partial charge in [-0.1, -0.05) is 13.8 Å². The van der Waals surface area contributed by atoms with Crippen LogP contribution in [0.15, 0.2) is 22.4 Å². The highest BCUT2D eigenvalue weighted by Crippen LogP contribution is 2.25. The summed E-state index contributed by atoms with van der Waals surface area (Å²) in [4.78, 5) is 42.6. The Bertz CT molecular complexity index is 806. The van der Waals surface area contributed by atoms with Gasteiger partial charge < -0.3 is 5.32 Å². The summed E-state index contributed by atoms with van der Waals surface area (Å²) >= 11 is 1.33. The second kappa shape index (κ2) is 5.20. The van der Waals surface area contributed by atoms with Crippen molar-refractivity contribution in [2.45, 2.75) is 38.8 Å². The third-order valence-corrected chi connectivity index (χ3v) is 4.89. The molecule has 116 valence electrons. The molecule has 0 bridgehead atoms. The van der Waals surface area contributed by atoms with Gasteiger partial charge in [0, 0.05) is 17.6 Å². The Hall–Kier alpha value is -2.22. The van der Waals surface area contributed by atoms with Crippen LogP contribution in [-0.4, -0.2) is 31.8 Å². The number of carbonyl (C=O) groups excluding carboxylic acids is 2. The molecule has 22 heavy (non-hydrogen) atoms. The van der Waals surface area contributed by atoms with Crippen molar-refractivity contribution in [2.24, 2.45) is 0 Å². The Balaban J connectivity index is 1.93. The summed E-state index contributed by atoms with van der Waals surface area (Å²) < 4.78 is 1.43. The number of hydrogen-bond donors (Lipinski definition) is 1. The molecule has 2 aromatic heterocycles. The molecule has 3 amide bonds. The smallest absolute Gasteiger partial charge is 0.323 e. The van der Waals surface area contributed by atoms with E-state index in [1.165, 1.54) is 21.8 Å². The first kappa shape index (κ1) is 14.7. The highest BCUT2D eigenvalue weighted by atomic mass is 32.1. The van der Waals surface area contributed by atoms with Crippen LogP contribution < -0.4 is 10.9 Å². The van der Waals surface area contributed by atoms with E-state index in [4.69, 9.17) is 0 Å². The Kier molecular flexibility index (Phi) is 3.48. The molecular weight excluding hydrogens is 304 g/mol. The van der Waals surface area contributed by atoms with Crippen molar-refractivity contribution in [1.29, 1.82) is 0 Å². The summed E-state index contributed by atoms with van der Waals surface area (Å²) in [7, 11) is 0. The number of amides is 3. The molecule has 0 radical (unpaired) electrons. The lowest BCUT2D eigenvalue weighted by molar-refractivity contribution is -0.132. The van der Waals surface area contributed by atoms with Gasteiger partial charge in [-0.2, -0.15) is 0 Å². The summed E-state index contributed by atoms with van der Waals surface area (Å²) in [5.74, 6) is -0.254. The molecule has 1 fully saturated rings. The summed E-state index contributed by atoms with van der Waals surface area (Å²) in [5.41, 5.74) is -0.636. The fourth-order valence-electron chi connectivity index (χ4n) is 2.68. The van der Waals surface area contributed by atoms with Crippen LogP contribution in [0.4, 0.5) is 4.79 Å². The highest BCUT2D eigenvalue weighted by Gasteiger charge is 2.48. The molecule has 1 aliphatic rings. The third-order valence-electron chi connectivity index (χ3n) is 4.13. The van der Waals surface area contributed by atoms with E-state index in [2.05, 4.69) is 10.3 Å². The topological polar surface area (TPSA) is 83.8 Å². The van der Waals surface area contributed by atoms with Gasteiger partial charge in [0.2, 0.25) is 0 Å². The first-order valence-electron chi connectivity index (χ1n) is 7.10. The average Bonchev–Trinajstić information content (AvgIpc) is 3.06. The highest BCUT2D eigenvalue weighted by molar-refractivity contribution is 7.15. The number of urea groups is 1. The zero-order chi connectivity index (χ0) is 15.9. The largest absolute Gasteiger partial charge is 0.325 e. The predicted molar refractivity (Wildman–Crippen MR) is 81.7 cm³/mol. The second-order valence-electron chi connectivity index (χ2n) is 5.25. The summed E-state index contributed by atoms with van der Waals surface area (Å²) in [6.45, 7) is 3.75. The molecule has 0 saturated carbocycles. The number of nitrogens with one attached hydrogen (secondary N) is 1. The molecule has 3 rings (SSSR count). The number of rotatable bonds is 4. The van der Waals surface area contributed by atoms with Crippen molar-refractivity contribution in [2.75, 3.05) is 0 Å². The molecule has 1 saturated heterocycles.